The number of amides is 2. The molecule has 1 N–H and O–H groups in total. The van der Waals surface area contributed by atoms with Crippen molar-refractivity contribution in [2.75, 3.05) is 23.4 Å². The summed E-state index contributed by atoms with van der Waals surface area (Å²) in [7, 11) is 0. The molecule has 1 aliphatic heterocycles. The van der Waals surface area contributed by atoms with Crippen LogP contribution >= 0.6 is 0 Å². The van der Waals surface area contributed by atoms with Crippen LogP contribution in [0.2, 0.25) is 0 Å². The molecule has 7 heteroatoms. The van der Waals surface area contributed by atoms with Crippen molar-refractivity contribution in [1.29, 1.82) is 0 Å². The van der Waals surface area contributed by atoms with Crippen LogP contribution in [0, 0.1) is 6.92 Å². The minimum absolute atomic E-state index is 0.0168. The van der Waals surface area contributed by atoms with Crippen LogP contribution in [0.25, 0.3) is 0 Å². The van der Waals surface area contributed by atoms with E-state index in [1.807, 2.05) is 0 Å². The molecule has 2 fully saturated rings. The lowest BCUT2D eigenvalue weighted by atomic mass is 9.83. The fourth-order valence-corrected chi connectivity index (χ4v) is 3.41. The average Bonchev–Trinajstić information content (AvgIpc) is 2.99. The van der Waals surface area contributed by atoms with Crippen LogP contribution in [0.5, 0.6) is 0 Å². The smallest absolute Gasteiger partial charge is 0.414 e. The highest BCUT2D eigenvalue weighted by molar-refractivity contribution is 6.07. The van der Waals surface area contributed by atoms with Crippen molar-refractivity contribution in [1.82, 2.24) is 0 Å². The molecule has 0 spiro atoms. The molecule has 1 aliphatic carbocycles. The molecule has 0 unspecified atom stereocenters. The predicted octanol–water partition coefficient (Wildman–Crippen LogP) is 3.42. The number of hydrogen-bond donors (Lipinski definition) is 1. The van der Waals surface area contributed by atoms with Crippen LogP contribution in [0.3, 0.4) is 0 Å². The summed E-state index contributed by atoms with van der Waals surface area (Å²) in [4.78, 5) is 38.5. The fourth-order valence-electron chi connectivity index (χ4n) is 3.41. The van der Waals surface area contributed by atoms with Crippen LogP contribution < -0.4 is 15.8 Å². The molecule has 1 aromatic heterocycles. The molecule has 4 rings (SSSR count). The van der Waals surface area contributed by atoms with Gasteiger partial charge in [-0.25, -0.2) is 9.59 Å². The summed E-state index contributed by atoms with van der Waals surface area (Å²) in [6.07, 6.45) is 2.68. The summed E-state index contributed by atoms with van der Waals surface area (Å²) < 4.78 is 10.4. The molecule has 2 heterocycles. The summed E-state index contributed by atoms with van der Waals surface area (Å²) in [6.45, 7) is 2.44. The molecular weight excluding hydrogens is 348 g/mol. The van der Waals surface area contributed by atoms with E-state index in [4.69, 9.17) is 9.15 Å². The first-order valence-electron chi connectivity index (χ1n) is 9.04. The van der Waals surface area contributed by atoms with Crippen LogP contribution in [-0.2, 0) is 4.74 Å². The van der Waals surface area contributed by atoms with Gasteiger partial charge in [0.15, 0.2) is 0 Å². The van der Waals surface area contributed by atoms with Gasteiger partial charge in [-0.15, -0.1) is 0 Å². The number of carbonyl (C=O) groups is 2. The molecule has 0 bridgehead atoms. The lowest BCUT2D eigenvalue weighted by Gasteiger charge is -2.24. The summed E-state index contributed by atoms with van der Waals surface area (Å²) in [5.41, 5.74) is 0.901. The second kappa shape index (κ2) is 6.90. The normalized spacial score (nSPS) is 16.8. The van der Waals surface area contributed by atoms with E-state index in [9.17, 15) is 14.4 Å². The maximum absolute atomic E-state index is 12.8. The summed E-state index contributed by atoms with van der Waals surface area (Å²) in [5, 5.41) is 2.73. The van der Waals surface area contributed by atoms with E-state index in [1.165, 1.54) is 4.90 Å². The number of hydrogen-bond acceptors (Lipinski definition) is 5. The molecule has 140 valence electrons. The minimum Gasteiger partial charge on any atom is -0.447 e. The number of nitrogens with one attached hydrogen (secondary N) is 1. The second-order valence-corrected chi connectivity index (χ2v) is 6.86. The molecule has 0 atom stereocenters. The molecule has 27 heavy (non-hydrogen) atoms. The SMILES string of the molecule is Cc1cc(C2CCC2)oc(=O)c1C(=O)Nc1ccccc1N1CCOC1=O. The molecule has 2 aromatic rings. The van der Waals surface area contributed by atoms with Crippen molar-refractivity contribution in [3.05, 3.63) is 57.6 Å². The third-order valence-electron chi connectivity index (χ3n) is 5.11. The van der Waals surface area contributed by atoms with Gasteiger partial charge in [0.05, 0.1) is 17.9 Å². The van der Waals surface area contributed by atoms with Crippen LogP contribution in [0.4, 0.5) is 16.2 Å². The van der Waals surface area contributed by atoms with Crippen molar-refractivity contribution < 1.29 is 18.7 Å². The van der Waals surface area contributed by atoms with E-state index in [0.717, 1.165) is 19.3 Å². The van der Waals surface area contributed by atoms with Crippen LogP contribution in [-0.4, -0.2) is 25.2 Å². The van der Waals surface area contributed by atoms with Gasteiger partial charge in [0, 0.05) is 5.92 Å². The highest BCUT2D eigenvalue weighted by Crippen LogP contribution is 2.36. The minimum atomic E-state index is -0.632. The van der Waals surface area contributed by atoms with E-state index >= 15 is 0 Å². The molecule has 1 saturated carbocycles. The Balaban J connectivity index is 1.62. The molecule has 7 nitrogen and oxygen atoms in total. The van der Waals surface area contributed by atoms with Gasteiger partial charge < -0.3 is 14.5 Å². The number of cyclic esters (lactones) is 1. The van der Waals surface area contributed by atoms with Crippen LogP contribution in [0.1, 0.15) is 46.9 Å². The lowest BCUT2D eigenvalue weighted by Crippen LogP contribution is -2.27. The fraction of sp³-hybridized carbons (Fsp3) is 0.350. The first-order valence-corrected chi connectivity index (χ1v) is 9.04. The van der Waals surface area contributed by atoms with Gasteiger partial charge in [-0.3, -0.25) is 9.69 Å². The summed E-state index contributed by atoms with van der Waals surface area (Å²) >= 11 is 0. The Hall–Kier alpha value is -3.09. The number of para-hydroxylation sites is 2. The van der Waals surface area contributed by atoms with Crippen molar-refractivity contribution in [3.63, 3.8) is 0 Å². The average molecular weight is 368 g/mol. The van der Waals surface area contributed by atoms with E-state index in [0.29, 0.717) is 35.9 Å². The van der Waals surface area contributed by atoms with Gasteiger partial charge in [0.2, 0.25) is 0 Å². The van der Waals surface area contributed by atoms with E-state index in [-0.39, 0.29) is 11.5 Å². The molecule has 1 saturated heterocycles. The number of anilines is 2. The number of aryl methyl sites for hydroxylation is 1. The number of nitrogens with zero attached hydrogens (tertiary/aromatic N) is 1. The van der Waals surface area contributed by atoms with Gasteiger partial charge in [0.1, 0.15) is 17.9 Å². The van der Waals surface area contributed by atoms with Crippen LogP contribution in [0.15, 0.2) is 39.5 Å². The van der Waals surface area contributed by atoms with Crippen molar-refractivity contribution >= 4 is 23.4 Å². The molecule has 2 aliphatic rings. The highest BCUT2D eigenvalue weighted by atomic mass is 16.6. The van der Waals surface area contributed by atoms with E-state index < -0.39 is 17.6 Å². The Labute approximate surface area is 155 Å². The Morgan fingerprint density at radius 2 is 2.00 bits per heavy atom. The van der Waals surface area contributed by atoms with Gasteiger partial charge in [0.25, 0.3) is 5.91 Å². The van der Waals surface area contributed by atoms with Gasteiger partial charge in [-0.1, -0.05) is 18.6 Å². The summed E-state index contributed by atoms with van der Waals surface area (Å²) in [5.74, 6) is 0.373. The first kappa shape index (κ1) is 17.3. The van der Waals surface area contributed by atoms with Crippen molar-refractivity contribution in [2.45, 2.75) is 32.1 Å². The largest absolute Gasteiger partial charge is 0.447 e. The standard InChI is InChI=1S/C20H20N2O5/c1-12-11-16(13-5-4-6-13)27-19(24)17(12)18(23)21-14-7-2-3-8-15(14)22-9-10-26-20(22)25/h2-3,7-8,11,13H,4-6,9-10H2,1H3,(H,21,23). The Morgan fingerprint density at radius 1 is 1.22 bits per heavy atom. The number of carbonyl (C=O) groups excluding carboxylic acids is 2. The number of benzene rings is 1. The first-order chi connectivity index (χ1) is 13.0. The topological polar surface area (TPSA) is 88.8 Å². The monoisotopic (exact) mass is 368 g/mol. The quantitative estimate of drug-likeness (QED) is 0.893. The number of rotatable bonds is 4. The Kier molecular flexibility index (Phi) is 4.43. The zero-order valence-electron chi connectivity index (χ0n) is 15.0. The second-order valence-electron chi connectivity index (χ2n) is 6.86. The van der Waals surface area contributed by atoms with E-state index in [2.05, 4.69) is 5.32 Å². The zero-order chi connectivity index (χ0) is 19.0. The zero-order valence-corrected chi connectivity index (χ0v) is 15.0. The number of ether oxygens (including phenoxy) is 1. The van der Waals surface area contributed by atoms with Gasteiger partial charge in [-0.05, 0) is 43.5 Å². The van der Waals surface area contributed by atoms with E-state index in [1.54, 1.807) is 37.3 Å². The maximum atomic E-state index is 12.8. The molecular formula is C20H20N2O5. The molecule has 1 aromatic carbocycles. The third-order valence-corrected chi connectivity index (χ3v) is 5.11. The Morgan fingerprint density at radius 3 is 2.63 bits per heavy atom. The highest BCUT2D eigenvalue weighted by Gasteiger charge is 2.28. The van der Waals surface area contributed by atoms with Gasteiger partial charge >= 0.3 is 11.7 Å². The van der Waals surface area contributed by atoms with Crippen molar-refractivity contribution in [2.24, 2.45) is 0 Å². The maximum Gasteiger partial charge on any atom is 0.414 e. The molecule has 2 amide bonds. The van der Waals surface area contributed by atoms with Crippen molar-refractivity contribution in [3.8, 4) is 0 Å². The molecule has 0 radical (unpaired) electrons. The lowest BCUT2D eigenvalue weighted by molar-refractivity contribution is 0.102. The Bertz CT molecular complexity index is 961. The predicted molar refractivity (Wildman–Crippen MR) is 99.4 cm³/mol. The third kappa shape index (κ3) is 3.20. The van der Waals surface area contributed by atoms with Gasteiger partial charge in [-0.2, -0.15) is 0 Å². The summed E-state index contributed by atoms with van der Waals surface area (Å²) in [6, 6.07) is 8.69.